The van der Waals surface area contributed by atoms with Gasteiger partial charge in [0.25, 0.3) is 0 Å². The molecule has 2 aliphatic heterocycles. The zero-order chi connectivity index (χ0) is 12.7. The third-order valence-corrected chi connectivity index (χ3v) is 4.48. The van der Waals surface area contributed by atoms with Crippen molar-refractivity contribution in [2.45, 2.75) is 25.3 Å². The molecule has 1 aromatic rings. The van der Waals surface area contributed by atoms with Crippen molar-refractivity contribution < 1.29 is 0 Å². The molecule has 5 heteroatoms. The van der Waals surface area contributed by atoms with E-state index in [2.05, 4.69) is 21.9 Å². The number of rotatable bonds is 1. The molecule has 0 spiro atoms. The van der Waals surface area contributed by atoms with Crippen LogP contribution in [0.2, 0.25) is 0 Å². The molecule has 100 valence electrons. The van der Waals surface area contributed by atoms with Crippen LogP contribution in [-0.4, -0.2) is 47.4 Å². The highest BCUT2D eigenvalue weighted by Gasteiger charge is 2.35. The van der Waals surface area contributed by atoms with Crippen LogP contribution in [0.1, 0.15) is 19.3 Å². The molecular formula is C13H23N5. The van der Waals surface area contributed by atoms with Crippen LogP contribution in [0.4, 0.5) is 11.5 Å². The van der Waals surface area contributed by atoms with Crippen LogP contribution in [0.5, 0.6) is 0 Å². The minimum Gasteiger partial charge on any atom is -0.394 e. The molecule has 2 saturated heterocycles. The Bertz CT molecular complexity index is 427. The van der Waals surface area contributed by atoms with Gasteiger partial charge in [0.1, 0.15) is 0 Å². The normalized spacial score (nSPS) is 29.3. The van der Waals surface area contributed by atoms with Crippen molar-refractivity contribution in [3.63, 3.8) is 0 Å². The summed E-state index contributed by atoms with van der Waals surface area (Å²) in [7, 11) is 4.20. The Balaban J connectivity index is 1.76. The lowest BCUT2D eigenvalue weighted by molar-refractivity contribution is 0.102. The number of nitrogens with two attached hydrogens (primary N) is 1. The van der Waals surface area contributed by atoms with Crippen molar-refractivity contribution in [2.75, 3.05) is 37.3 Å². The summed E-state index contributed by atoms with van der Waals surface area (Å²) in [5.74, 6) is 1.75. The second-order valence-corrected chi connectivity index (χ2v) is 5.77. The Morgan fingerprint density at radius 1 is 1.28 bits per heavy atom. The van der Waals surface area contributed by atoms with Crippen LogP contribution in [0.25, 0.3) is 0 Å². The van der Waals surface area contributed by atoms with Crippen molar-refractivity contribution in [3.8, 4) is 0 Å². The molecule has 0 aliphatic carbocycles. The van der Waals surface area contributed by atoms with Crippen LogP contribution in [0.15, 0.2) is 6.20 Å². The Labute approximate surface area is 109 Å². The van der Waals surface area contributed by atoms with Gasteiger partial charge in [0, 0.05) is 32.4 Å². The van der Waals surface area contributed by atoms with Crippen LogP contribution in [0.3, 0.4) is 0 Å². The van der Waals surface area contributed by atoms with E-state index in [1.54, 1.807) is 0 Å². The molecule has 0 bridgehead atoms. The number of anilines is 2. The first-order valence-corrected chi connectivity index (χ1v) is 6.89. The molecule has 18 heavy (non-hydrogen) atoms. The molecule has 2 unspecified atom stereocenters. The number of piperidine rings is 2. The maximum atomic E-state index is 6.03. The average molecular weight is 249 g/mol. The summed E-state index contributed by atoms with van der Waals surface area (Å²) in [5.41, 5.74) is 6.84. The summed E-state index contributed by atoms with van der Waals surface area (Å²) < 4.78 is 1.81. The van der Waals surface area contributed by atoms with E-state index in [1.165, 1.54) is 25.8 Å². The van der Waals surface area contributed by atoms with Crippen LogP contribution in [0, 0.1) is 5.92 Å². The number of aromatic nitrogens is 2. The summed E-state index contributed by atoms with van der Waals surface area (Å²) in [5, 5.41) is 4.49. The zero-order valence-electron chi connectivity index (χ0n) is 11.3. The first kappa shape index (κ1) is 11.8. The maximum absolute atomic E-state index is 6.03. The fourth-order valence-corrected chi connectivity index (χ4v) is 3.59. The molecule has 2 aliphatic rings. The highest BCUT2D eigenvalue weighted by molar-refractivity contribution is 5.62. The van der Waals surface area contributed by atoms with Gasteiger partial charge in [0.15, 0.2) is 5.82 Å². The molecule has 3 rings (SSSR count). The minimum atomic E-state index is 0.764. The van der Waals surface area contributed by atoms with Gasteiger partial charge in [-0.3, -0.25) is 4.68 Å². The standard InChI is InChI=1S/C13H23N5/c1-16-6-3-4-10-8-18(7-5-12(10)16)13-11(14)9-17(2)15-13/h9-10,12H,3-8,14H2,1-2H3. The van der Waals surface area contributed by atoms with Crippen molar-refractivity contribution in [2.24, 2.45) is 13.0 Å². The third kappa shape index (κ3) is 1.96. The van der Waals surface area contributed by atoms with Gasteiger partial charge in [-0.15, -0.1) is 0 Å². The molecule has 0 aromatic carbocycles. The molecule has 3 heterocycles. The molecule has 2 fully saturated rings. The highest BCUT2D eigenvalue weighted by Crippen LogP contribution is 2.32. The fourth-order valence-electron chi connectivity index (χ4n) is 3.59. The van der Waals surface area contributed by atoms with Crippen molar-refractivity contribution in [3.05, 3.63) is 6.20 Å². The lowest BCUT2D eigenvalue weighted by Gasteiger charge is -2.46. The quantitative estimate of drug-likeness (QED) is 0.804. The van der Waals surface area contributed by atoms with E-state index >= 15 is 0 Å². The zero-order valence-corrected chi connectivity index (χ0v) is 11.3. The number of fused-ring (bicyclic) bond motifs is 1. The monoisotopic (exact) mass is 249 g/mol. The Morgan fingerprint density at radius 2 is 2.11 bits per heavy atom. The molecule has 0 saturated carbocycles. The topological polar surface area (TPSA) is 50.3 Å². The highest BCUT2D eigenvalue weighted by atomic mass is 15.4. The SMILES string of the molecule is CN1CCCC2CN(c3nn(C)cc3N)CCC21. The molecular weight excluding hydrogens is 226 g/mol. The van der Waals surface area contributed by atoms with E-state index in [9.17, 15) is 0 Å². The molecule has 5 nitrogen and oxygen atoms in total. The molecule has 2 N–H and O–H groups in total. The van der Waals surface area contributed by atoms with Gasteiger partial charge in [0.05, 0.1) is 5.69 Å². The first-order chi connectivity index (χ1) is 8.65. The van der Waals surface area contributed by atoms with Crippen molar-refractivity contribution >= 4 is 11.5 Å². The summed E-state index contributed by atoms with van der Waals surface area (Å²) in [4.78, 5) is 4.91. The Hall–Kier alpha value is -1.23. The largest absolute Gasteiger partial charge is 0.394 e. The Morgan fingerprint density at radius 3 is 2.83 bits per heavy atom. The van der Waals surface area contributed by atoms with Gasteiger partial charge in [-0.25, -0.2) is 0 Å². The number of hydrogen-bond donors (Lipinski definition) is 1. The van der Waals surface area contributed by atoms with E-state index in [-0.39, 0.29) is 0 Å². The lowest BCUT2D eigenvalue weighted by Crippen LogP contribution is -2.52. The van der Waals surface area contributed by atoms with E-state index in [0.29, 0.717) is 0 Å². The average Bonchev–Trinajstić information content (AvgIpc) is 2.68. The number of nitrogen functional groups attached to an aromatic ring is 1. The van der Waals surface area contributed by atoms with Gasteiger partial charge in [-0.1, -0.05) is 0 Å². The molecule has 0 radical (unpaired) electrons. The molecule has 1 aromatic heterocycles. The van der Waals surface area contributed by atoms with Crippen molar-refractivity contribution in [1.82, 2.24) is 14.7 Å². The summed E-state index contributed by atoms with van der Waals surface area (Å²) in [6, 6.07) is 0.764. The summed E-state index contributed by atoms with van der Waals surface area (Å²) >= 11 is 0. The second kappa shape index (κ2) is 4.46. The number of nitrogens with zero attached hydrogens (tertiary/aromatic N) is 4. The molecule has 0 amide bonds. The van der Waals surface area contributed by atoms with Crippen molar-refractivity contribution in [1.29, 1.82) is 0 Å². The molecule has 2 atom stereocenters. The van der Waals surface area contributed by atoms with E-state index in [1.807, 2.05) is 17.9 Å². The van der Waals surface area contributed by atoms with Crippen LogP contribution >= 0.6 is 0 Å². The predicted octanol–water partition coefficient (Wildman–Crippen LogP) is 0.923. The van der Waals surface area contributed by atoms with Crippen LogP contribution in [-0.2, 0) is 7.05 Å². The van der Waals surface area contributed by atoms with Crippen LogP contribution < -0.4 is 10.6 Å². The van der Waals surface area contributed by atoms with Gasteiger partial charge in [0.2, 0.25) is 0 Å². The predicted molar refractivity (Wildman–Crippen MR) is 73.6 cm³/mol. The van der Waals surface area contributed by atoms with E-state index < -0.39 is 0 Å². The van der Waals surface area contributed by atoms with Gasteiger partial charge < -0.3 is 15.5 Å². The first-order valence-electron chi connectivity index (χ1n) is 6.89. The smallest absolute Gasteiger partial charge is 0.173 e. The van der Waals surface area contributed by atoms with Gasteiger partial charge in [-0.2, -0.15) is 5.10 Å². The number of aryl methyl sites for hydroxylation is 1. The van der Waals surface area contributed by atoms with E-state index in [4.69, 9.17) is 5.73 Å². The number of hydrogen-bond acceptors (Lipinski definition) is 4. The van der Waals surface area contributed by atoms with Gasteiger partial charge in [-0.05, 0) is 38.8 Å². The third-order valence-electron chi connectivity index (χ3n) is 4.48. The Kier molecular flexibility index (Phi) is 2.93. The minimum absolute atomic E-state index is 0.764. The maximum Gasteiger partial charge on any atom is 0.173 e. The summed E-state index contributed by atoms with van der Waals surface area (Å²) in [6.45, 7) is 3.44. The summed E-state index contributed by atoms with van der Waals surface area (Å²) in [6.07, 6.45) is 5.80. The fraction of sp³-hybridized carbons (Fsp3) is 0.769. The number of likely N-dealkylation sites (tertiary alicyclic amines) is 1. The van der Waals surface area contributed by atoms with E-state index in [0.717, 1.165) is 36.6 Å². The van der Waals surface area contributed by atoms with Gasteiger partial charge >= 0.3 is 0 Å². The second-order valence-electron chi connectivity index (χ2n) is 5.77. The lowest BCUT2D eigenvalue weighted by atomic mass is 9.84.